The summed E-state index contributed by atoms with van der Waals surface area (Å²) >= 11 is 0. The number of hydrogen-bond donors (Lipinski definition) is 2. The standard InChI is InChI=1S/C34H40FN5O3/c1-24-29(23-30(41)42)32(39-19-14-34(2,3)15-20-39)31(33(38-24)36-17-21-40-18-4-16-37-40)26-7-11-28(12-8-26)43-22-13-25-5-9-27(35)10-6-25/h4-12,16,18H,13-15,17,19-23H2,1-3H3,(H,36,38)(H,41,42). The maximum atomic E-state index is 13.2. The number of rotatable bonds is 12. The number of carbonyl (C=O) groups is 1. The molecule has 0 radical (unpaired) electrons. The highest BCUT2D eigenvalue weighted by Crippen LogP contribution is 2.43. The third-order valence-corrected chi connectivity index (χ3v) is 8.15. The van der Waals surface area contributed by atoms with Crippen molar-refractivity contribution >= 4 is 17.5 Å². The fraction of sp³-hybridized carbons (Fsp3) is 0.382. The van der Waals surface area contributed by atoms with E-state index in [0.29, 0.717) is 31.8 Å². The zero-order chi connectivity index (χ0) is 30.4. The number of nitrogens with zero attached hydrogens (tertiary/aromatic N) is 4. The molecule has 0 spiro atoms. The van der Waals surface area contributed by atoms with Crippen molar-refractivity contribution < 1.29 is 19.0 Å². The minimum atomic E-state index is -0.876. The number of anilines is 2. The van der Waals surface area contributed by atoms with Crippen LogP contribution in [0.5, 0.6) is 5.75 Å². The molecular formula is C34H40FN5O3. The molecule has 0 saturated carbocycles. The molecule has 1 fully saturated rings. The first kappa shape index (κ1) is 30.1. The van der Waals surface area contributed by atoms with Crippen LogP contribution in [0.3, 0.4) is 0 Å². The Labute approximate surface area is 252 Å². The average Bonchev–Trinajstić information content (AvgIpc) is 3.49. The van der Waals surface area contributed by atoms with Crippen molar-refractivity contribution in [2.45, 2.75) is 53.0 Å². The van der Waals surface area contributed by atoms with Gasteiger partial charge in [-0.3, -0.25) is 9.48 Å². The van der Waals surface area contributed by atoms with Gasteiger partial charge in [0.1, 0.15) is 17.4 Å². The number of aryl methyl sites for hydroxylation is 1. The number of carboxylic acids is 1. The van der Waals surface area contributed by atoms with Crippen molar-refractivity contribution in [3.63, 3.8) is 0 Å². The molecule has 9 heteroatoms. The highest BCUT2D eigenvalue weighted by molar-refractivity contribution is 5.91. The van der Waals surface area contributed by atoms with Gasteiger partial charge in [-0.15, -0.1) is 0 Å². The molecule has 0 aliphatic carbocycles. The maximum absolute atomic E-state index is 13.2. The number of aliphatic carboxylic acids is 1. The third-order valence-electron chi connectivity index (χ3n) is 8.15. The molecule has 5 rings (SSSR count). The number of piperidine rings is 1. The number of pyridine rings is 1. The minimum Gasteiger partial charge on any atom is -0.493 e. The SMILES string of the molecule is Cc1nc(NCCn2cccn2)c(-c2ccc(OCCc3ccc(F)cc3)cc2)c(N2CCC(C)(C)CC2)c1CC(=O)O. The second-order valence-corrected chi connectivity index (χ2v) is 11.9. The Bertz CT molecular complexity index is 1510. The Balaban J connectivity index is 1.47. The first-order chi connectivity index (χ1) is 20.7. The van der Waals surface area contributed by atoms with Crippen LogP contribution in [-0.2, 0) is 24.2 Å². The van der Waals surface area contributed by atoms with Crippen LogP contribution in [0.4, 0.5) is 15.9 Å². The predicted molar refractivity (Wildman–Crippen MR) is 167 cm³/mol. The van der Waals surface area contributed by atoms with Gasteiger partial charge in [-0.05, 0) is 66.6 Å². The molecule has 0 amide bonds. The number of nitrogens with one attached hydrogen (secondary N) is 1. The van der Waals surface area contributed by atoms with Crippen LogP contribution in [0.15, 0.2) is 67.0 Å². The number of aromatic nitrogens is 3. The number of hydrogen-bond acceptors (Lipinski definition) is 6. The molecule has 1 saturated heterocycles. The summed E-state index contributed by atoms with van der Waals surface area (Å²) < 4.78 is 21.1. The molecule has 1 aliphatic heterocycles. The van der Waals surface area contributed by atoms with Crippen LogP contribution in [-0.4, -0.2) is 52.1 Å². The van der Waals surface area contributed by atoms with E-state index in [4.69, 9.17) is 9.72 Å². The summed E-state index contributed by atoms with van der Waals surface area (Å²) in [5, 5.41) is 17.7. The molecule has 0 bridgehead atoms. The van der Waals surface area contributed by atoms with E-state index in [9.17, 15) is 14.3 Å². The van der Waals surface area contributed by atoms with Crippen LogP contribution in [0.2, 0.25) is 0 Å². The van der Waals surface area contributed by atoms with Crippen LogP contribution < -0.4 is 15.0 Å². The van der Waals surface area contributed by atoms with Gasteiger partial charge in [0.2, 0.25) is 0 Å². The smallest absolute Gasteiger partial charge is 0.307 e. The van der Waals surface area contributed by atoms with E-state index < -0.39 is 5.97 Å². The van der Waals surface area contributed by atoms with E-state index in [-0.39, 0.29) is 17.7 Å². The number of ether oxygens (including phenoxy) is 1. The lowest BCUT2D eigenvalue weighted by Crippen LogP contribution is -2.38. The molecule has 4 aromatic rings. The molecule has 3 heterocycles. The Morgan fingerprint density at radius 2 is 1.81 bits per heavy atom. The largest absolute Gasteiger partial charge is 0.493 e. The van der Waals surface area contributed by atoms with E-state index in [1.54, 1.807) is 18.3 Å². The zero-order valence-electron chi connectivity index (χ0n) is 25.1. The second-order valence-electron chi connectivity index (χ2n) is 11.9. The van der Waals surface area contributed by atoms with Crippen molar-refractivity contribution in [1.82, 2.24) is 14.8 Å². The molecule has 0 atom stereocenters. The first-order valence-electron chi connectivity index (χ1n) is 14.9. The maximum Gasteiger partial charge on any atom is 0.307 e. The average molecular weight is 586 g/mol. The fourth-order valence-corrected chi connectivity index (χ4v) is 5.55. The highest BCUT2D eigenvalue weighted by Gasteiger charge is 2.31. The summed E-state index contributed by atoms with van der Waals surface area (Å²) in [6.45, 7) is 9.90. The molecule has 0 unspecified atom stereocenters. The van der Waals surface area contributed by atoms with Crippen molar-refractivity contribution in [3.05, 3.63) is 89.6 Å². The van der Waals surface area contributed by atoms with Gasteiger partial charge in [0.05, 0.1) is 25.3 Å². The zero-order valence-corrected chi connectivity index (χ0v) is 25.1. The number of carboxylic acid groups (broad SMARTS) is 1. The van der Waals surface area contributed by atoms with Crippen LogP contribution in [0.1, 0.15) is 43.5 Å². The lowest BCUT2D eigenvalue weighted by atomic mass is 9.82. The summed E-state index contributed by atoms with van der Waals surface area (Å²) in [7, 11) is 0. The van der Waals surface area contributed by atoms with E-state index >= 15 is 0 Å². The number of benzene rings is 2. The lowest BCUT2D eigenvalue weighted by molar-refractivity contribution is -0.136. The highest BCUT2D eigenvalue weighted by atomic mass is 19.1. The van der Waals surface area contributed by atoms with Gasteiger partial charge < -0.3 is 20.1 Å². The molecule has 1 aliphatic rings. The molecule has 2 aromatic heterocycles. The van der Waals surface area contributed by atoms with Crippen LogP contribution in [0, 0.1) is 18.2 Å². The number of halogens is 1. The predicted octanol–water partition coefficient (Wildman–Crippen LogP) is 6.38. The second kappa shape index (κ2) is 13.3. The van der Waals surface area contributed by atoms with E-state index in [0.717, 1.165) is 65.4 Å². The van der Waals surface area contributed by atoms with Crippen LogP contribution >= 0.6 is 0 Å². The van der Waals surface area contributed by atoms with Gasteiger partial charge in [-0.2, -0.15) is 5.10 Å². The van der Waals surface area contributed by atoms with Crippen molar-refractivity contribution in [2.75, 3.05) is 36.5 Å². The summed E-state index contributed by atoms with van der Waals surface area (Å²) in [5.74, 6) is 0.328. The Kier molecular flexibility index (Phi) is 9.28. The molecule has 2 N–H and O–H groups in total. The molecule has 226 valence electrons. The van der Waals surface area contributed by atoms with E-state index in [1.165, 1.54) is 12.1 Å². The quantitative estimate of drug-likeness (QED) is 0.199. The van der Waals surface area contributed by atoms with Crippen LogP contribution in [0.25, 0.3) is 11.1 Å². The molecular weight excluding hydrogens is 545 g/mol. The lowest BCUT2D eigenvalue weighted by Gasteiger charge is -2.40. The van der Waals surface area contributed by atoms with Gasteiger partial charge in [0, 0.05) is 55.3 Å². The first-order valence-corrected chi connectivity index (χ1v) is 14.9. The van der Waals surface area contributed by atoms with Gasteiger partial charge in [-0.1, -0.05) is 38.1 Å². The fourth-order valence-electron chi connectivity index (χ4n) is 5.55. The summed E-state index contributed by atoms with van der Waals surface area (Å²) in [4.78, 5) is 19.3. The summed E-state index contributed by atoms with van der Waals surface area (Å²) in [6.07, 6.45) is 6.29. The normalized spacial score (nSPS) is 14.5. The van der Waals surface area contributed by atoms with Crippen molar-refractivity contribution in [3.8, 4) is 16.9 Å². The van der Waals surface area contributed by atoms with E-state index in [2.05, 4.69) is 29.2 Å². The van der Waals surface area contributed by atoms with E-state index in [1.807, 2.05) is 48.1 Å². The van der Waals surface area contributed by atoms with Gasteiger partial charge in [-0.25, -0.2) is 9.37 Å². The van der Waals surface area contributed by atoms with Crippen molar-refractivity contribution in [2.24, 2.45) is 5.41 Å². The Morgan fingerprint density at radius 3 is 2.47 bits per heavy atom. The van der Waals surface area contributed by atoms with Gasteiger partial charge >= 0.3 is 5.97 Å². The Hall–Kier alpha value is -4.40. The minimum absolute atomic E-state index is 0.0980. The summed E-state index contributed by atoms with van der Waals surface area (Å²) in [6, 6.07) is 16.3. The molecule has 8 nitrogen and oxygen atoms in total. The molecule has 2 aromatic carbocycles. The third kappa shape index (κ3) is 7.71. The topological polar surface area (TPSA) is 92.5 Å². The summed E-state index contributed by atoms with van der Waals surface area (Å²) in [5.41, 5.74) is 5.50. The van der Waals surface area contributed by atoms with Gasteiger partial charge in [0.25, 0.3) is 0 Å². The monoisotopic (exact) mass is 585 g/mol. The van der Waals surface area contributed by atoms with Gasteiger partial charge in [0.15, 0.2) is 0 Å². The molecule has 43 heavy (non-hydrogen) atoms. The van der Waals surface area contributed by atoms with Crippen molar-refractivity contribution in [1.29, 1.82) is 0 Å². The Morgan fingerprint density at radius 1 is 1.09 bits per heavy atom.